The Kier molecular flexibility index (Phi) is 3.45. The lowest BCUT2D eigenvalue weighted by Gasteiger charge is -2.12. The van der Waals surface area contributed by atoms with Crippen molar-refractivity contribution in [1.82, 2.24) is 0 Å². The van der Waals surface area contributed by atoms with Crippen molar-refractivity contribution in [2.45, 2.75) is 20.4 Å². The zero-order chi connectivity index (χ0) is 14.1. The van der Waals surface area contributed by atoms with Gasteiger partial charge in [-0.1, -0.05) is 29.8 Å². The monoisotopic (exact) mass is 289 g/mol. The van der Waals surface area contributed by atoms with Crippen LogP contribution >= 0.6 is 11.6 Å². The molecule has 1 heterocycles. The predicted molar refractivity (Wildman–Crippen MR) is 80.8 cm³/mol. The summed E-state index contributed by atoms with van der Waals surface area (Å²) in [6.07, 6.45) is 0. The van der Waals surface area contributed by atoms with E-state index in [1.54, 1.807) is 6.07 Å². The number of anilines is 1. The third-order valence-electron chi connectivity index (χ3n) is 3.65. The van der Waals surface area contributed by atoms with Crippen LogP contribution in [0.25, 0.3) is 0 Å². The average molecular weight is 290 g/mol. The highest BCUT2D eigenvalue weighted by Crippen LogP contribution is 2.39. The minimum Gasteiger partial charge on any atom is -0.454 e. The molecule has 1 aliphatic heterocycles. The van der Waals surface area contributed by atoms with Crippen LogP contribution in [0.2, 0.25) is 5.02 Å². The van der Waals surface area contributed by atoms with Gasteiger partial charge in [-0.25, -0.2) is 0 Å². The Morgan fingerprint density at radius 3 is 2.70 bits per heavy atom. The van der Waals surface area contributed by atoms with Crippen molar-refractivity contribution in [3.05, 3.63) is 52.0 Å². The van der Waals surface area contributed by atoms with Crippen molar-refractivity contribution in [2.75, 3.05) is 12.1 Å². The molecule has 0 amide bonds. The molecule has 3 rings (SSSR count). The maximum atomic E-state index is 6.25. The number of fused-ring (bicyclic) bond motifs is 1. The lowest BCUT2D eigenvalue weighted by Crippen LogP contribution is -2.02. The van der Waals surface area contributed by atoms with Gasteiger partial charge in [-0.3, -0.25) is 0 Å². The van der Waals surface area contributed by atoms with Crippen LogP contribution in [0.5, 0.6) is 11.5 Å². The van der Waals surface area contributed by atoms with Crippen LogP contribution in [-0.2, 0) is 6.54 Å². The van der Waals surface area contributed by atoms with E-state index in [0.29, 0.717) is 10.8 Å². The largest absolute Gasteiger partial charge is 0.454 e. The maximum absolute atomic E-state index is 6.25. The fourth-order valence-corrected chi connectivity index (χ4v) is 2.47. The summed E-state index contributed by atoms with van der Waals surface area (Å²) in [6.45, 7) is 5.24. The van der Waals surface area contributed by atoms with E-state index in [-0.39, 0.29) is 6.79 Å². The molecule has 0 unspecified atom stereocenters. The number of benzene rings is 2. The highest BCUT2D eigenvalue weighted by molar-refractivity contribution is 6.33. The molecule has 1 N–H and O–H groups in total. The van der Waals surface area contributed by atoms with Crippen molar-refractivity contribution in [3.8, 4) is 11.5 Å². The second-order valence-electron chi connectivity index (χ2n) is 4.90. The number of hydrogen-bond donors (Lipinski definition) is 1. The molecule has 2 aromatic rings. The first-order chi connectivity index (χ1) is 9.65. The van der Waals surface area contributed by atoms with Crippen LogP contribution < -0.4 is 14.8 Å². The number of hydrogen-bond acceptors (Lipinski definition) is 3. The first-order valence-corrected chi connectivity index (χ1v) is 6.91. The lowest BCUT2D eigenvalue weighted by molar-refractivity contribution is 0.174. The molecule has 2 aromatic carbocycles. The topological polar surface area (TPSA) is 30.5 Å². The van der Waals surface area contributed by atoms with Gasteiger partial charge in [-0.15, -0.1) is 0 Å². The molecule has 0 saturated heterocycles. The Labute approximate surface area is 123 Å². The van der Waals surface area contributed by atoms with Crippen LogP contribution in [0.1, 0.15) is 16.7 Å². The van der Waals surface area contributed by atoms with Gasteiger partial charge in [0.2, 0.25) is 6.79 Å². The van der Waals surface area contributed by atoms with E-state index in [9.17, 15) is 0 Å². The van der Waals surface area contributed by atoms with Gasteiger partial charge >= 0.3 is 0 Å². The Hall–Kier alpha value is -1.87. The highest BCUT2D eigenvalue weighted by Gasteiger charge is 2.16. The third kappa shape index (κ3) is 2.41. The number of nitrogens with one attached hydrogen (secondary N) is 1. The second-order valence-corrected chi connectivity index (χ2v) is 5.31. The standard InChI is InChI=1S/C16H16ClNO2/c1-10-4-3-5-12(11(10)2)8-18-14-7-16-15(6-13(14)17)19-9-20-16/h3-7,18H,8-9H2,1-2H3. The Balaban J connectivity index is 1.80. The molecular weight excluding hydrogens is 274 g/mol. The van der Waals surface area contributed by atoms with Gasteiger partial charge in [0.15, 0.2) is 11.5 Å². The van der Waals surface area contributed by atoms with E-state index in [4.69, 9.17) is 21.1 Å². The first kappa shape index (κ1) is 13.1. The average Bonchev–Trinajstić information content (AvgIpc) is 2.87. The number of aryl methyl sites for hydroxylation is 1. The zero-order valence-electron chi connectivity index (χ0n) is 11.5. The molecular formula is C16H16ClNO2. The van der Waals surface area contributed by atoms with Crippen molar-refractivity contribution in [3.63, 3.8) is 0 Å². The lowest BCUT2D eigenvalue weighted by atomic mass is 10.0. The molecule has 0 radical (unpaired) electrons. The second kappa shape index (κ2) is 5.25. The summed E-state index contributed by atoms with van der Waals surface area (Å²) in [5, 5.41) is 4.00. The number of rotatable bonds is 3. The molecule has 0 atom stereocenters. The van der Waals surface area contributed by atoms with Crippen LogP contribution in [0.3, 0.4) is 0 Å². The molecule has 1 aliphatic rings. The van der Waals surface area contributed by atoms with Crippen LogP contribution in [0, 0.1) is 13.8 Å². The quantitative estimate of drug-likeness (QED) is 0.914. The van der Waals surface area contributed by atoms with E-state index in [1.165, 1.54) is 16.7 Å². The summed E-state index contributed by atoms with van der Waals surface area (Å²) in [5.74, 6) is 1.44. The van der Waals surface area contributed by atoms with E-state index < -0.39 is 0 Å². The van der Waals surface area contributed by atoms with Gasteiger partial charge < -0.3 is 14.8 Å². The SMILES string of the molecule is Cc1cccc(CNc2cc3c(cc2Cl)OCO3)c1C. The summed E-state index contributed by atoms with van der Waals surface area (Å²) in [5.41, 5.74) is 4.72. The molecule has 0 spiro atoms. The molecule has 0 bridgehead atoms. The Morgan fingerprint density at radius 1 is 1.15 bits per heavy atom. The van der Waals surface area contributed by atoms with Gasteiger partial charge in [-0.05, 0) is 30.5 Å². The van der Waals surface area contributed by atoms with Crippen molar-refractivity contribution < 1.29 is 9.47 Å². The van der Waals surface area contributed by atoms with E-state index in [2.05, 4.69) is 37.4 Å². The third-order valence-corrected chi connectivity index (χ3v) is 3.96. The summed E-state index contributed by atoms with van der Waals surface area (Å²) in [7, 11) is 0. The summed E-state index contributed by atoms with van der Waals surface area (Å²) < 4.78 is 10.7. The Morgan fingerprint density at radius 2 is 1.90 bits per heavy atom. The maximum Gasteiger partial charge on any atom is 0.231 e. The normalized spacial score (nSPS) is 12.6. The van der Waals surface area contributed by atoms with Gasteiger partial charge in [0.25, 0.3) is 0 Å². The molecule has 20 heavy (non-hydrogen) atoms. The molecule has 0 aliphatic carbocycles. The molecule has 104 valence electrons. The predicted octanol–water partition coefficient (Wildman–Crippen LogP) is 4.30. The molecule has 0 saturated carbocycles. The highest BCUT2D eigenvalue weighted by atomic mass is 35.5. The number of ether oxygens (including phenoxy) is 2. The molecule has 0 fully saturated rings. The van der Waals surface area contributed by atoms with E-state index in [1.807, 2.05) is 6.07 Å². The fraction of sp³-hybridized carbons (Fsp3) is 0.250. The minimum atomic E-state index is 0.256. The van der Waals surface area contributed by atoms with E-state index >= 15 is 0 Å². The molecule has 0 aromatic heterocycles. The molecule has 3 nitrogen and oxygen atoms in total. The van der Waals surface area contributed by atoms with Crippen molar-refractivity contribution >= 4 is 17.3 Å². The van der Waals surface area contributed by atoms with Crippen LogP contribution in [0.4, 0.5) is 5.69 Å². The molecule has 4 heteroatoms. The van der Waals surface area contributed by atoms with Crippen LogP contribution in [0.15, 0.2) is 30.3 Å². The smallest absolute Gasteiger partial charge is 0.231 e. The fourth-order valence-electron chi connectivity index (χ4n) is 2.25. The summed E-state index contributed by atoms with van der Waals surface area (Å²) >= 11 is 6.25. The zero-order valence-corrected chi connectivity index (χ0v) is 12.3. The minimum absolute atomic E-state index is 0.256. The van der Waals surface area contributed by atoms with Gasteiger partial charge in [0.1, 0.15) is 0 Å². The summed E-state index contributed by atoms with van der Waals surface area (Å²) in [4.78, 5) is 0. The van der Waals surface area contributed by atoms with Gasteiger partial charge in [0.05, 0.1) is 10.7 Å². The first-order valence-electron chi connectivity index (χ1n) is 6.53. The Bertz CT molecular complexity index is 655. The van der Waals surface area contributed by atoms with Crippen molar-refractivity contribution in [1.29, 1.82) is 0 Å². The van der Waals surface area contributed by atoms with E-state index in [0.717, 1.165) is 18.0 Å². The van der Waals surface area contributed by atoms with Crippen molar-refractivity contribution in [2.24, 2.45) is 0 Å². The van der Waals surface area contributed by atoms with Gasteiger partial charge in [0, 0.05) is 18.7 Å². The number of halogens is 1. The summed E-state index contributed by atoms with van der Waals surface area (Å²) in [6, 6.07) is 9.98. The van der Waals surface area contributed by atoms with Gasteiger partial charge in [-0.2, -0.15) is 0 Å². The van der Waals surface area contributed by atoms with Crippen LogP contribution in [-0.4, -0.2) is 6.79 Å².